The highest BCUT2D eigenvalue weighted by atomic mass is 32.2. The van der Waals surface area contributed by atoms with E-state index in [0.717, 1.165) is 17.8 Å². The number of methoxy groups -OCH3 is 2. The Bertz CT molecular complexity index is 1250. The molecule has 0 aromatic heterocycles. The van der Waals surface area contributed by atoms with Crippen LogP contribution in [-0.2, 0) is 15.8 Å². The number of amides is 1. The molecule has 0 unspecified atom stereocenters. The maximum Gasteiger partial charge on any atom is 0.416 e. The molecule has 0 spiro atoms. The molecule has 0 atom stereocenters. The average Bonchev–Trinajstić information content (AvgIpc) is 3.09. The molecule has 2 aromatic carbocycles. The third-order valence-corrected chi connectivity index (χ3v) is 6.92. The molecule has 198 valence electrons. The average molecular weight is 558 g/mol. The van der Waals surface area contributed by atoms with Crippen LogP contribution in [0.4, 0.5) is 17.6 Å². The van der Waals surface area contributed by atoms with Crippen LogP contribution in [0.5, 0.6) is 11.5 Å². The predicted molar refractivity (Wildman–Crippen MR) is 136 cm³/mol. The Hall–Kier alpha value is -3.12. The van der Waals surface area contributed by atoms with E-state index in [0.29, 0.717) is 42.3 Å². The van der Waals surface area contributed by atoms with Gasteiger partial charge in [-0.25, -0.2) is 4.39 Å². The molecule has 0 saturated carbocycles. The fourth-order valence-electron chi connectivity index (χ4n) is 3.74. The number of hydrogen-bond acceptors (Lipinski definition) is 6. The number of nitrogens with zero attached hydrogens (tertiary/aromatic N) is 1. The van der Waals surface area contributed by atoms with Crippen LogP contribution in [0.3, 0.4) is 0 Å². The molecule has 2 aromatic rings. The lowest BCUT2D eigenvalue weighted by Gasteiger charge is -2.16. The first-order valence-corrected chi connectivity index (χ1v) is 12.3. The molecule has 37 heavy (non-hydrogen) atoms. The van der Waals surface area contributed by atoms with Crippen LogP contribution in [-0.4, -0.2) is 47.0 Å². The largest absolute Gasteiger partial charge is 0.493 e. The number of ether oxygens (including phenoxy) is 2. The molecular weight excluding hydrogens is 534 g/mol. The van der Waals surface area contributed by atoms with Gasteiger partial charge in [-0.1, -0.05) is 30.4 Å². The number of halogens is 4. The van der Waals surface area contributed by atoms with Gasteiger partial charge < -0.3 is 14.6 Å². The summed E-state index contributed by atoms with van der Waals surface area (Å²) in [6.07, 6.45) is -1.49. The Morgan fingerprint density at radius 2 is 1.86 bits per heavy atom. The van der Waals surface area contributed by atoms with Crippen LogP contribution in [0.2, 0.25) is 0 Å². The predicted octanol–water partition coefficient (Wildman–Crippen LogP) is 6.37. The number of carboxylic acids is 1. The van der Waals surface area contributed by atoms with E-state index in [2.05, 4.69) is 0 Å². The number of thiocarbonyl (C=S) groups is 1. The van der Waals surface area contributed by atoms with Gasteiger partial charge in [-0.15, -0.1) is 0 Å². The maximum absolute atomic E-state index is 14.6. The lowest BCUT2D eigenvalue weighted by Crippen LogP contribution is -2.29. The smallest absolute Gasteiger partial charge is 0.416 e. The Morgan fingerprint density at radius 3 is 2.49 bits per heavy atom. The van der Waals surface area contributed by atoms with E-state index in [1.165, 1.54) is 37.3 Å². The van der Waals surface area contributed by atoms with Gasteiger partial charge in [-0.05, 0) is 54.8 Å². The third kappa shape index (κ3) is 6.80. The number of carbonyl (C=O) groups is 2. The van der Waals surface area contributed by atoms with E-state index in [-0.39, 0.29) is 45.4 Å². The summed E-state index contributed by atoms with van der Waals surface area (Å²) in [5.41, 5.74) is -0.916. The number of rotatable bonds is 10. The topological polar surface area (TPSA) is 76.1 Å². The SMILES string of the molecule is COc1cc(-c2cc(C(F)(F)F)ccc2F)cc(C=C2SC(=S)N(CCCCCC(=O)O)C2=O)c1OC. The second kappa shape index (κ2) is 12.0. The summed E-state index contributed by atoms with van der Waals surface area (Å²) in [5.74, 6) is -1.77. The van der Waals surface area contributed by atoms with Crippen molar-refractivity contribution in [1.82, 2.24) is 4.90 Å². The molecule has 3 rings (SSSR count). The maximum atomic E-state index is 14.6. The van der Waals surface area contributed by atoms with Crippen LogP contribution >= 0.6 is 24.0 Å². The zero-order valence-corrected chi connectivity index (χ0v) is 21.5. The van der Waals surface area contributed by atoms with Crippen molar-refractivity contribution in [2.75, 3.05) is 20.8 Å². The Morgan fingerprint density at radius 1 is 1.14 bits per heavy atom. The molecule has 0 radical (unpaired) electrons. The number of benzene rings is 2. The first-order chi connectivity index (χ1) is 17.5. The van der Waals surface area contributed by atoms with Gasteiger partial charge in [-0.3, -0.25) is 14.5 Å². The van der Waals surface area contributed by atoms with E-state index in [1.54, 1.807) is 0 Å². The number of unbranched alkanes of at least 4 members (excludes halogenated alkanes) is 2. The van der Waals surface area contributed by atoms with Gasteiger partial charge in [0.1, 0.15) is 10.1 Å². The number of aliphatic carboxylic acids is 1. The van der Waals surface area contributed by atoms with Crippen molar-refractivity contribution in [1.29, 1.82) is 0 Å². The van der Waals surface area contributed by atoms with Crippen LogP contribution < -0.4 is 9.47 Å². The minimum Gasteiger partial charge on any atom is -0.493 e. The summed E-state index contributed by atoms with van der Waals surface area (Å²) in [5, 5.41) is 8.73. The first kappa shape index (κ1) is 28.5. The number of carbonyl (C=O) groups excluding carboxylic acids is 1. The van der Waals surface area contributed by atoms with Gasteiger partial charge >= 0.3 is 12.1 Å². The summed E-state index contributed by atoms with van der Waals surface area (Å²) in [6.45, 7) is 0.317. The molecular formula is C25H23F4NO5S2. The van der Waals surface area contributed by atoms with E-state index in [4.69, 9.17) is 26.8 Å². The molecule has 1 amide bonds. The van der Waals surface area contributed by atoms with Crippen molar-refractivity contribution in [3.63, 3.8) is 0 Å². The van der Waals surface area contributed by atoms with Crippen LogP contribution in [0.25, 0.3) is 17.2 Å². The second-order valence-corrected chi connectivity index (χ2v) is 9.71. The van der Waals surface area contributed by atoms with Gasteiger partial charge in [0.25, 0.3) is 5.91 Å². The van der Waals surface area contributed by atoms with E-state index in [9.17, 15) is 27.2 Å². The fourth-order valence-corrected chi connectivity index (χ4v) is 5.04. The molecule has 1 aliphatic heterocycles. The lowest BCUT2D eigenvalue weighted by atomic mass is 9.98. The van der Waals surface area contributed by atoms with Crippen molar-refractivity contribution >= 4 is 46.3 Å². The number of thioether (sulfide) groups is 1. The highest BCUT2D eigenvalue weighted by molar-refractivity contribution is 8.26. The summed E-state index contributed by atoms with van der Waals surface area (Å²) < 4.78 is 65.4. The Kier molecular flexibility index (Phi) is 9.19. The minimum absolute atomic E-state index is 0.0444. The Balaban J connectivity index is 1.96. The highest BCUT2D eigenvalue weighted by Crippen LogP contribution is 2.42. The number of alkyl halides is 3. The van der Waals surface area contributed by atoms with Gasteiger partial charge in [0.2, 0.25) is 0 Å². The van der Waals surface area contributed by atoms with Crippen molar-refractivity contribution in [2.45, 2.75) is 31.9 Å². The zero-order valence-electron chi connectivity index (χ0n) is 19.9. The molecule has 6 nitrogen and oxygen atoms in total. The van der Waals surface area contributed by atoms with Crippen LogP contribution in [0.15, 0.2) is 35.2 Å². The van der Waals surface area contributed by atoms with Crippen LogP contribution in [0.1, 0.15) is 36.8 Å². The van der Waals surface area contributed by atoms with E-state index in [1.807, 2.05) is 0 Å². The van der Waals surface area contributed by atoms with Crippen molar-refractivity contribution < 1.29 is 41.7 Å². The monoisotopic (exact) mass is 557 g/mol. The van der Waals surface area contributed by atoms with E-state index >= 15 is 0 Å². The van der Waals surface area contributed by atoms with E-state index < -0.39 is 23.5 Å². The fraction of sp³-hybridized carbons (Fsp3) is 0.320. The third-order valence-electron chi connectivity index (χ3n) is 5.54. The quantitative estimate of drug-likeness (QED) is 0.157. The van der Waals surface area contributed by atoms with Gasteiger partial charge in [0.05, 0.1) is 24.7 Å². The Labute approximate surface area is 220 Å². The van der Waals surface area contributed by atoms with Crippen molar-refractivity contribution in [3.8, 4) is 22.6 Å². The zero-order chi connectivity index (χ0) is 27.3. The first-order valence-electron chi connectivity index (χ1n) is 11.1. The molecule has 0 aliphatic carbocycles. The second-order valence-electron chi connectivity index (χ2n) is 8.03. The van der Waals surface area contributed by atoms with Gasteiger partial charge in [0, 0.05) is 24.1 Å². The molecule has 1 saturated heterocycles. The summed E-state index contributed by atoms with van der Waals surface area (Å²) in [6, 6.07) is 4.89. The molecule has 1 fully saturated rings. The normalized spacial score (nSPS) is 15.0. The molecule has 1 aliphatic rings. The molecule has 0 bridgehead atoms. The molecule has 1 N–H and O–H groups in total. The minimum atomic E-state index is -4.66. The molecule has 12 heteroatoms. The highest BCUT2D eigenvalue weighted by Gasteiger charge is 2.33. The molecule has 1 heterocycles. The van der Waals surface area contributed by atoms with Gasteiger partial charge in [-0.2, -0.15) is 13.2 Å². The van der Waals surface area contributed by atoms with Crippen LogP contribution in [0, 0.1) is 5.82 Å². The summed E-state index contributed by atoms with van der Waals surface area (Å²) >= 11 is 6.37. The van der Waals surface area contributed by atoms with Crippen molar-refractivity contribution in [2.24, 2.45) is 0 Å². The lowest BCUT2D eigenvalue weighted by molar-refractivity contribution is -0.138. The van der Waals surface area contributed by atoms with Crippen molar-refractivity contribution in [3.05, 3.63) is 52.2 Å². The standard InChI is InChI=1S/C25H23F4NO5S2/c1-34-19-11-14(17-13-16(25(27,28)29)7-8-18(17)26)10-15(22(19)35-2)12-20-23(33)30(24(36)37-20)9-5-3-4-6-21(31)32/h7-8,10-13H,3-6,9H2,1-2H3,(H,31,32). The summed E-state index contributed by atoms with van der Waals surface area (Å²) in [7, 11) is 2.69. The van der Waals surface area contributed by atoms with Gasteiger partial charge in [0.15, 0.2) is 11.5 Å². The summed E-state index contributed by atoms with van der Waals surface area (Å²) in [4.78, 5) is 25.3. The number of carboxylic acid groups (broad SMARTS) is 1. The number of hydrogen-bond donors (Lipinski definition) is 1.